The van der Waals surface area contributed by atoms with Crippen molar-refractivity contribution in [3.05, 3.63) is 46.5 Å². The first-order valence-corrected chi connectivity index (χ1v) is 8.06. The van der Waals surface area contributed by atoms with Gasteiger partial charge in [0.15, 0.2) is 0 Å². The summed E-state index contributed by atoms with van der Waals surface area (Å²) in [5.41, 5.74) is 0.146. The third-order valence-corrected chi connectivity index (χ3v) is 3.71. The van der Waals surface area contributed by atoms with Crippen LogP contribution in [0.5, 0.6) is 0 Å². The van der Waals surface area contributed by atoms with Crippen molar-refractivity contribution >= 4 is 17.5 Å². The minimum absolute atomic E-state index is 0.0279. The summed E-state index contributed by atoms with van der Waals surface area (Å²) in [7, 11) is 0. The van der Waals surface area contributed by atoms with Crippen molar-refractivity contribution in [1.82, 2.24) is 14.7 Å². The molecule has 128 valence electrons. The molecule has 0 fully saturated rings. The quantitative estimate of drug-likeness (QED) is 0.683. The molecule has 0 aliphatic rings. The van der Waals surface area contributed by atoms with E-state index in [0.29, 0.717) is 18.6 Å². The fourth-order valence-electron chi connectivity index (χ4n) is 2.41. The van der Waals surface area contributed by atoms with Gasteiger partial charge in [0, 0.05) is 25.4 Å². The molecule has 7 heteroatoms. The average molecular weight is 331 g/mol. The number of aliphatic carboxylic acids is 1. The second-order valence-electron chi connectivity index (χ2n) is 5.57. The average Bonchev–Trinajstić information content (AvgIpc) is 2.57. The highest BCUT2D eigenvalue weighted by Crippen LogP contribution is 2.05. The van der Waals surface area contributed by atoms with Crippen molar-refractivity contribution < 1.29 is 14.7 Å². The lowest BCUT2D eigenvalue weighted by molar-refractivity contribution is -0.137. The van der Waals surface area contributed by atoms with Crippen LogP contribution in [-0.2, 0) is 4.79 Å². The number of fused-ring (bicyclic) bond motifs is 1. The number of nitrogens with zero attached hydrogens (tertiary/aromatic N) is 2. The third kappa shape index (κ3) is 4.91. The van der Waals surface area contributed by atoms with Gasteiger partial charge in [-0.05, 0) is 25.0 Å². The van der Waals surface area contributed by atoms with Crippen molar-refractivity contribution in [2.75, 3.05) is 6.54 Å². The van der Waals surface area contributed by atoms with Crippen molar-refractivity contribution in [2.24, 2.45) is 0 Å². The molecule has 1 amide bonds. The zero-order valence-corrected chi connectivity index (χ0v) is 13.4. The van der Waals surface area contributed by atoms with Crippen molar-refractivity contribution in [3.8, 4) is 0 Å². The molecule has 7 nitrogen and oxygen atoms in total. The topological polar surface area (TPSA) is 101 Å². The summed E-state index contributed by atoms with van der Waals surface area (Å²) in [5, 5.41) is 11.3. The van der Waals surface area contributed by atoms with E-state index in [-0.39, 0.29) is 17.5 Å². The Bertz CT molecular complexity index is 770. The summed E-state index contributed by atoms with van der Waals surface area (Å²) < 4.78 is 1.34. The van der Waals surface area contributed by atoms with Gasteiger partial charge < -0.3 is 10.4 Å². The summed E-state index contributed by atoms with van der Waals surface area (Å²) in [6, 6.07) is 5.19. The number of amides is 1. The summed E-state index contributed by atoms with van der Waals surface area (Å²) in [6.07, 6.45) is 7.28. The third-order valence-electron chi connectivity index (χ3n) is 3.71. The SMILES string of the molecule is O=C(O)CCCCCCCNC(=O)c1cnc2ccccn2c1=O. The van der Waals surface area contributed by atoms with Crippen LogP contribution in [0.1, 0.15) is 48.9 Å². The summed E-state index contributed by atoms with van der Waals surface area (Å²) in [5.74, 6) is -1.19. The molecular weight excluding hydrogens is 310 g/mol. The summed E-state index contributed by atoms with van der Waals surface area (Å²) in [6.45, 7) is 0.481. The molecule has 0 aromatic carbocycles. The van der Waals surface area contributed by atoms with Crippen LogP contribution < -0.4 is 10.9 Å². The monoisotopic (exact) mass is 331 g/mol. The zero-order chi connectivity index (χ0) is 17.4. The Kier molecular flexibility index (Phi) is 6.48. The van der Waals surface area contributed by atoms with Crippen LogP contribution in [-0.4, -0.2) is 32.9 Å². The number of hydrogen-bond donors (Lipinski definition) is 2. The van der Waals surface area contributed by atoms with Crippen LogP contribution in [0.15, 0.2) is 35.4 Å². The minimum Gasteiger partial charge on any atom is -0.481 e. The molecule has 0 spiro atoms. The van der Waals surface area contributed by atoms with Gasteiger partial charge in [-0.1, -0.05) is 25.3 Å². The lowest BCUT2D eigenvalue weighted by Gasteiger charge is -2.06. The molecule has 0 radical (unpaired) electrons. The number of carbonyl (C=O) groups is 2. The number of pyridine rings is 1. The maximum absolute atomic E-state index is 12.2. The van der Waals surface area contributed by atoms with Crippen LogP contribution in [0, 0.1) is 0 Å². The number of carboxylic acids is 1. The molecule has 2 N–H and O–H groups in total. The van der Waals surface area contributed by atoms with Crippen molar-refractivity contribution in [2.45, 2.75) is 38.5 Å². The number of aromatic nitrogens is 2. The number of carbonyl (C=O) groups excluding carboxylic acids is 1. The Morgan fingerprint density at radius 3 is 2.67 bits per heavy atom. The normalized spacial score (nSPS) is 10.7. The Morgan fingerprint density at radius 2 is 1.88 bits per heavy atom. The molecule has 0 bridgehead atoms. The first-order valence-electron chi connectivity index (χ1n) is 8.06. The molecule has 2 heterocycles. The molecule has 24 heavy (non-hydrogen) atoms. The van der Waals surface area contributed by atoms with Gasteiger partial charge in [-0.25, -0.2) is 4.98 Å². The molecule has 0 aliphatic carbocycles. The lowest BCUT2D eigenvalue weighted by Crippen LogP contribution is -2.32. The van der Waals surface area contributed by atoms with E-state index in [9.17, 15) is 14.4 Å². The maximum atomic E-state index is 12.2. The molecule has 0 aliphatic heterocycles. The molecule has 2 aromatic heterocycles. The number of carboxylic acid groups (broad SMARTS) is 1. The highest BCUT2D eigenvalue weighted by Gasteiger charge is 2.12. The van der Waals surface area contributed by atoms with Gasteiger partial charge in [-0.3, -0.25) is 18.8 Å². The Hall–Kier alpha value is -2.70. The number of unbranched alkanes of at least 4 members (excludes halogenated alkanes) is 4. The molecule has 2 rings (SSSR count). The molecule has 2 aromatic rings. The van der Waals surface area contributed by atoms with Gasteiger partial charge in [-0.15, -0.1) is 0 Å². The largest absolute Gasteiger partial charge is 0.481 e. The van der Waals surface area contributed by atoms with Crippen LogP contribution in [0.3, 0.4) is 0 Å². The smallest absolute Gasteiger partial charge is 0.303 e. The van der Waals surface area contributed by atoms with E-state index in [0.717, 1.165) is 25.7 Å². The van der Waals surface area contributed by atoms with Crippen LogP contribution in [0.2, 0.25) is 0 Å². The van der Waals surface area contributed by atoms with Crippen LogP contribution >= 0.6 is 0 Å². The molecular formula is C17H21N3O4. The van der Waals surface area contributed by atoms with Crippen LogP contribution in [0.25, 0.3) is 5.65 Å². The summed E-state index contributed by atoms with van der Waals surface area (Å²) in [4.78, 5) is 38.8. The second-order valence-corrected chi connectivity index (χ2v) is 5.57. The maximum Gasteiger partial charge on any atom is 0.303 e. The fourth-order valence-corrected chi connectivity index (χ4v) is 2.41. The Labute approximate surface area is 139 Å². The lowest BCUT2D eigenvalue weighted by atomic mass is 10.1. The van der Waals surface area contributed by atoms with E-state index in [4.69, 9.17) is 5.11 Å². The van der Waals surface area contributed by atoms with E-state index in [1.807, 2.05) is 0 Å². The minimum atomic E-state index is -0.766. The predicted octanol–water partition coefficient (Wildman–Crippen LogP) is 1.85. The second kappa shape index (κ2) is 8.81. The van der Waals surface area contributed by atoms with Crippen molar-refractivity contribution in [1.29, 1.82) is 0 Å². The molecule has 0 atom stereocenters. The molecule has 0 unspecified atom stereocenters. The summed E-state index contributed by atoms with van der Waals surface area (Å²) >= 11 is 0. The van der Waals surface area contributed by atoms with Gasteiger partial charge in [0.1, 0.15) is 11.2 Å². The fraction of sp³-hybridized carbons (Fsp3) is 0.412. The molecule has 0 saturated heterocycles. The Balaban J connectivity index is 1.76. The van der Waals surface area contributed by atoms with E-state index in [2.05, 4.69) is 10.3 Å². The standard InChI is InChI=1S/C17H21N3O4/c21-15(22)9-4-2-1-3-6-10-18-16(23)13-12-19-14-8-5-7-11-20(14)17(13)24/h5,7-8,11-12H,1-4,6,9-10H2,(H,18,23)(H,21,22). The van der Waals surface area contributed by atoms with Gasteiger partial charge in [0.2, 0.25) is 0 Å². The predicted molar refractivity (Wildman–Crippen MR) is 89.1 cm³/mol. The first-order chi connectivity index (χ1) is 11.6. The van der Waals surface area contributed by atoms with Gasteiger partial charge in [0.05, 0.1) is 0 Å². The molecule has 0 saturated carbocycles. The zero-order valence-electron chi connectivity index (χ0n) is 13.4. The van der Waals surface area contributed by atoms with Crippen LogP contribution in [0.4, 0.5) is 0 Å². The van der Waals surface area contributed by atoms with E-state index >= 15 is 0 Å². The number of nitrogens with one attached hydrogen (secondary N) is 1. The highest BCUT2D eigenvalue weighted by atomic mass is 16.4. The first kappa shape index (κ1) is 17.7. The van der Waals surface area contributed by atoms with Gasteiger partial charge in [0.25, 0.3) is 11.5 Å². The highest BCUT2D eigenvalue weighted by molar-refractivity contribution is 5.93. The van der Waals surface area contributed by atoms with E-state index < -0.39 is 11.9 Å². The van der Waals surface area contributed by atoms with Crippen molar-refractivity contribution in [3.63, 3.8) is 0 Å². The Morgan fingerprint density at radius 1 is 1.12 bits per heavy atom. The van der Waals surface area contributed by atoms with Gasteiger partial charge >= 0.3 is 5.97 Å². The number of rotatable bonds is 9. The number of hydrogen-bond acceptors (Lipinski definition) is 4. The van der Waals surface area contributed by atoms with E-state index in [1.165, 1.54) is 10.6 Å². The van der Waals surface area contributed by atoms with E-state index in [1.54, 1.807) is 24.4 Å². The van der Waals surface area contributed by atoms with Gasteiger partial charge in [-0.2, -0.15) is 0 Å².